The maximum Gasteiger partial charge on any atom is 0.416 e. The number of hydrogen-bond donors (Lipinski definition) is 2. The molecule has 1 aliphatic carbocycles. The molecule has 1 aliphatic rings. The van der Waals surface area contributed by atoms with E-state index >= 15 is 0 Å². The number of aliphatic hydroxyl groups is 2. The molecule has 1 aromatic rings. The van der Waals surface area contributed by atoms with E-state index in [0.717, 1.165) is 44.2 Å². The maximum absolute atomic E-state index is 12.5. The Morgan fingerprint density at radius 3 is 2.00 bits per heavy atom. The zero-order valence-electron chi connectivity index (χ0n) is 11.1. The second kappa shape index (κ2) is 6.14. The molecule has 2 unspecified atom stereocenters. The summed E-state index contributed by atoms with van der Waals surface area (Å²) in [6, 6.07) is 4.34. The summed E-state index contributed by atoms with van der Waals surface area (Å²) in [7, 11) is 0. The van der Waals surface area contributed by atoms with E-state index in [0.29, 0.717) is 5.56 Å². The predicted octanol–water partition coefficient (Wildman–Crippen LogP) is 3.68. The van der Waals surface area contributed by atoms with E-state index < -0.39 is 23.9 Å². The summed E-state index contributed by atoms with van der Waals surface area (Å²) in [6.45, 7) is 0. The number of hydrogen-bond acceptors (Lipinski definition) is 2. The predicted molar refractivity (Wildman–Crippen MR) is 69.0 cm³/mol. The Balaban J connectivity index is 2.06. The third-order valence-corrected chi connectivity index (χ3v) is 4.04. The Kier molecular flexibility index (Phi) is 4.70. The van der Waals surface area contributed by atoms with Gasteiger partial charge in [0, 0.05) is 0 Å². The van der Waals surface area contributed by atoms with Gasteiger partial charge in [-0.25, -0.2) is 0 Å². The molecule has 112 valence electrons. The van der Waals surface area contributed by atoms with E-state index in [1.54, 1.807) is 0 Å². The standard InChI is InChI=1S/C15H19F3O2/c16-15(17,18)12-8-6-11(7-9-12)14(20)13(19)10-4-2-1-3-5-10/h6-10,13-14,19-20H,1-5H2. The fourth-order valence-electron chi connectivity index (χ4n) is 2.80. The molecule has 0 aliphatic heterocycles. The Labute approximate surface area is 116 Å². The van der Waals surface area contributed by atoms with Crippen LogP contribution in [0, 0.1) is 5.92 Å². The molecule has 2 rings (SSSR count). The SMILES string of the molecule is OC(c1ccc(C(F)(F)F)cc1)C(O)C1CCCCC1. The van der Waals surface area contributed by atoms with E-state index in [4.69, 9.17) is 0 Å². The van der Waals surface area contributed by atoms with Crippen LogP contribution < -0.4 is 0 Å². The fourth-order valence-corrected chi connectivity index (χ4v) is 2.80. The molecule has 0 saturated heterocycles. The number of benzene rings is 1. The quantitative estimate of drug-likeness (QED) is 0.890. The van der Waals surface area contributed by atoms with Crippen molar-refractivity contribution in [2.45, 2.75) is 50.5 Å². The van der Waals surface area contributed by atoms with Crippen molar-refractivity contribution in [3.63, 3.8) is 0 Å². The van der Waals surface area contributed by atoms with Crippen molar-refractivity contribution in [3.05, 3.63) is 35.4 Å². The van der Waals surface area contributed by atoms with Gasteiger partial charge in [-0.2, -0.15) is 13.2 Å². The molecule has 2 N–H and O–H groups in total. The van der Waals surface area contributed by atoms with Gasteiger partial charge in [-0.05, 0) is 36.5 Å². The van der Waals surface area contributed by atoms with Gasteiger partial charge in [0.25, 0.3) is 0 Å². The van der Waals surface area contributed by atoms with E-state index in [2.05, 4.69) is 0 Å². The molecule has 1 fully saturated rings. The molecule has 1 saturated carbocycles. The monoisotopic (exact) mass is 288 g/mol. The van der Waals surface area contributed by atoms with E-state index in [-0.39, 0.29) is 5.92 Å². The highest BCUT2D eigenvalue weighted by atomic mass is 19.4. The summed E-state index contributed by atoms with van der Waals surface area (Å²) in [5.41, 5.74) is -0.420. The van der Waals surface area contributed by atoms with Crippen LogP contribution in [0.3, 0.4) is 0 Å². The highest BCUT2D eigenvalue weighted by molar-refractivity contribution is 5.26. The number of rotatable bonds is 3. The third-order valence-electron chi connectivity index (χ3n) is 4.04. The van der Waals surface area contributed by atoms with Crippen LogP contribution in [0.2, 0.25) is 0 Å². The highest BCUT2D eigenvalue weighted by Gasteiger charge is 2.32. The van der Waals surface area contributed by atoms with Gasteiger partial charge in [-0.15, -0.1) is 0 Å². The van der Waals surface area contributed by atoms with Gasteiger partial charge in [0.2, 0.25) is 0 Å². The van der Waals surface area contributed by atoms with E-state index in [9.17, 15) is 23.4 Å². The Hall–Kier alpha value is -1.07. The Morgan fingerprint density at radius 1 is 0.950 bits per heavy atom. The zero-order valence-corrected chi connectivity index (χ0v) is 11.1. The first-order chi connectivity index (χ1) is 9.39. The van der Waals surface area contributed by atoms with Crippen molar-refractivity contribution >= 4 is 0 Å². The lowest BCUT2D eigenvalue weighted by Crippen LogP contribution is -2.29. The third kappa shape index (κ3) is 3.52. The van der Waals surface area contributed by atoms with Crippen molar-refractivity contribution in [2.24, 2.45) is 5.92 Å². The molecule has 2 atom stereocenters. The minimum absolute atomic E-state index is 0.0287. The summed E-state index contributed by atoms with van der Waals surface area (Å²) < 4.78 is 37.4. The zero-order chi connectivity index (χ0) is 14.8. The van der Waals surface area contributed by atoms with Crippen LogP contribution in [0.1, 0.15) is 49.3 Å². The first kappa shape index (κ1) is 15.3. The van der Waals surface area contributed by atoms with E-state index in [1.165, 1.54) is 12.1 Å². The van der Waals surface area contributed by atoms with Gasteiger partial charge in [-0.3, -0.25) is 0 Å². The van der Waals surface area contributed by atoms with Crippen LogP contribution in [0.4, 0.5) is 13.2 Å². The van der Waals surface area contributed by atoms with Gasteiger partial charge in [0.1, 0.15) is 6.10 Å². The molecule has 0 bridgehead atoms. The number of alkyl halides is 3. The van der Waals surface area contributed by atoms with Crippen LogP contribution in [0.15, 0.2) is 24.3 Å². The van der Waals surface area contributed by atoms with Crippen molar-refractivity contribution in [3.8, 4) is 0 Å². The lowest BCUT2D eigenvalue weighted by atomic mass is 9.82. The van der Waals surface area contributed by atoms with Crippen LogP contribution in [0.25, 0.3) is 0 Å². The van der Waals surface area contributed by atoms with Gasteiger partial charge in [0.15, 0.2) is 0 Å². The minimum atomic E-state index is -4.38. The van der Waals surface area contributed by atoms with Crippen LogP contribution in [-0.2, 0) is 6.18 Å². The lowest BCUT2D eigenvalue weighted by molar-refractivity contribution is -0.137. The molecule has 2 nitrogen and oxygen atoms in total. The molecule has 1 aromatic carbocycles. The van der Waals surface area contributed by atoms with Crippen molar-refractivity contribution < 1.29 is 23.4 Å². The Morgan fingerprint density at radius 2 is 1.50 bits per heavy atom. The fraction of sp³-hybridized carbons (Fsp3) is 0.600. The summed E-state index contributed by atoms with van der Waals surface area (Å²) in [6.07, 6.45) is -1.50. The van der Waals surface area contributed by atoms with Crippen LogP contribution in [-0.4, -0.2) is 16.3 Å². The van der Waals surface area contributed by atoms with Crippen molar-refractivity contribution in [1.29, 1.82) is 0 Å². The summed E-state index contributed by atoms with van der Waals surface area (Å²) in [5, 5.41) is 20.3. The topological polar surface area (TPSA) is 40.5 Å². The smallest absolute Gasteiger partial charge is 0.390 e. The largest absolute Gasteiger partial charge is 0.416 e. The highest BCUT2D eigenvalue weighted by Crippen LogP contribution is 2.34. The molecular weight excluding hydrogens is 269 g/mol. The van der Waals surface area contributed by atoms with Gasteiger partial charge in [-0.1, -0.05) is 31.4 Å². The average Bonchev–Trinajstić information content (AvgIpc) is 2.46. The number of aliphatic hydroxyl groups excluding tert-OH is 2. The van der Waals surface area contributed by atoms with Gasteiger partial charge >= 0.3 is 6.18 Å². The van der Waals surface area contributed by atoms with Crippen molar-refractivity contribution in [2.75, 3.05) is 0 Å². The summed E-state index contributed by atoms with van der Waals surface area (Å²) in [4.78, 5) is 0. The average molecular weight is 288 g/mol. The lowest BCUT2D eigenvalue weighted by Gasteiger charge is -2.30. The van der Waals surface area contributed by atoms with Crippen molar-refractivity contribution in [1.82, 2.24) is 0 Å². The molecule has 0 amide bonds. The summed E-state index contributed by atoms with van der Waals surface area (Å²) in [5.74, 6) is 0.0287. The number of halogens is 3. The minimum Gasteiger partial charge on any atom is -0.390 e. The maximum atomic E-state index is 12.5. The molecule has 5 heteroatoms. The Bertz CT molecular complexity index is 422. The van der Waals surface area contributed by atoms with Crippen LogP contribution in [0.5, 0.6) is 0 Å². The molecule has 0 aromatic heterocycles. The van der Waals surface area contributed by atoms with E-state index in [1.807, 2.05) is 0 Å². The first-order valence-electron chi connectivity index (χ1n) is 6.93. The first-order valence-corrected chi connectivity index (χ1v) is 6.93. The molecule has 0 heterocycles. The van der Waals surface area contributed by atoms with Gasteiger partial charge < -0.3 is 10.2 Å². The van der Waals surface area contributed by atoms with Gasteiger partial charge in [0.05, 0.1) is 11.7 Å². The van der Waals surface area contributed by atoms with Crippen LogP contribution >= 0.6 is 0 Å². The normalized spacial score (nSPS) is 20.6. The summed E-state index contributed by atoms with van der Waals surface area (Å²) >= 11 is 0. The second-order valence-corrected chi connectivity index (χ2v) is 5.45. The molecule has 20 heavy (non-hydrogen) atoms. The molecular formula is C15H19F3O2. The second-order valence-electron chi connectivity index (χ2n) is 5.45. The molecule has 0 radical (unpaired) electrons. The molecule has 0 spiro atoms.